The molecule has 1 unspecified atom stereocenters. The minimum Gasteiger partial charge on any atom is -0.481 e. The number of ether oxygens (including phenoxy) is 1. The van der Waals surface area contributed by atoms with Gasteiger partial charge in [-0.05, 0) is 50.9 Å². The van der Waals surface area contributed by atoms with Crippen molar-refractivity contribution in [2.24, 2.45) is 17.8 Å². The van der Waals surface area contributed by atoms with Gasteiger partial charge in [0, 0.05) is 0 Å². The lowest BCUT2D eigenvalue weighted by molar-refractivity contribution is -0.158. The molecule has 1 fully saturated rings. The Bertz CT molecular complexity index is 343. The first-order chi connectivity index (χ1) is 10.4. The van der Waals surface area contributed by atoms with Gasteiger partial charge in [-0.25, -0.2) is 0 Å². The van der Waals surface area contributed by atoms with Gasteiger partial charge >= 0.3 is 11.9 Å². The molecule has 0 aromatic heterocycles. The predicted octanol–water partition coefficient (Wildman–Crippen LogP) is 4.42. The van der Waals surface area contributed by atoms with Gasteiger partial charge in [-0.15, -0.1) is 0 Å². The number of hydrogen-bond acceptors (Lipinski definition) is 3. The molecule has 1 atom stereocenters. The molecule has 1 saturated carbocycles. The third kappa shape index (κ3) is 6.80. The summed E-state index contributed by atoms with van der Waals surface area (Å²) < 4.78 is 5.72. The second-order valence-electron chi connectivity index (χ2n) is 7.06. The summed E-state index contributed by atoms with van der Waals surface area (Å²) in [4.78, 5) is 23.2. The van der Waals surface area contributed by atoms with Crippen molar-refractivity contribution in [3.05, 3.63) is 0 Å². The van der Waals surface area contributed by atoms with E-state index in [1.54, 1.807) is 0 Å². The maximum absolute atomic E-state index is 12.3. The van der Waals surface area contributed by atoms with Crippen molar-refractivity contribution in [2.45, 2.75) is 84.7 Å². The van der Waals surface area contributed by atoms with Crippen LogP contribution in [-0.4, -0.2) is 23.1 Å². The van der Waals surface area contributed by atoms with Crippen LogP contribution in [0.4, 0.5) is 0 Å². The highest BCUT2D eigenvalue weighted by molar-refractivity contribution is 5.74. The monoisotopic (exact) mass is 312 g/mol. The smallest absolute Gasteiger partial charge is 0.309 e. The van der Waals surface area contributed by atoms with E-state index in [2.05, 4.69) is 20.8 Å². The molecule has 0 aliphatic heterocycles. The Morgan fingerprint density at radius 1 is 1.05 bits per heavy atom. The third-order valence-corrected chi connectivity index (χ3v) is 4.61. The van der Waals surface area contributed by atoms with Crippen LogP contribution in [0.25, 0.3) is 0 Å². The van der Waals surface area contributed by atoms with Crippen molar-refractivity contribution >= 4 is 11.9 Å². The van der Waals surface area contributed by atoms with Gasteiger partial charge in [0.1, 0.15) is 6.10 Å². The molecule has 1 N–H and O–H groups in total. The minimum absolute atomic E-state index is 0.0356. The first kappa shape index (κ1) is 19.0. The summed E-state index contributed by atoms with van der Waals surface area (Å²) in [6.45, 7) is 6.53. The predicted molar refractivity (Wildman–Crippen MR) is 86.6 cm³/mol. The Kier molecular flexibility index (Phi) is 8.51. The van der Waals surface area contributed by atoms with Crippen LogP contribution < -0.4 is 0 Å². The van der Waals surface area contributed by atoms with Crippen LogP contribution in [0, 0.1) is 17.8 Å². The Morgan fingerprint density at radius 2 is 1.64 bits per heavy atom. The molecule has 0 bridgehead atoms. The highest BCUT2D eigenvalue weighted by Crippen LogP contribution is 2.30. The SMILES string of the molecule is CCCC(CCCC(C)C)OC(=O)C1CCC(C(=O)O)CC1. The summed E-state index contributed by atoms with van der Waals surface area (Å²) in [7, 11) is 0. The van der Waals surface area contributed by atoms with Crippen LogP contribution in [0.2, 0.25) is 0 Å². The van der Waals surface area contributed by atoms with Crippen molar-refractivity contribution in [1.82, 2.24) is 0 Å². The number of carbonyl (C=O) groups excluding carboxylic acids is 1. The lowest BCUT2D eigenvalue weighted by atomic mass is 9.82. The molecule has 0 radical (unpaired) electrons. The number of rotatable bonds is 9. The quantitative estimate of drug-likeness (QED) is 0.640. The maximum atomic E-state index is 12.3. The second-order valence-corrected chi connectivity index (χ2v) is 7.06. The molecule has 1 aliphatic carbocycles. The lowest BCUT2D eigenvalue weighted by Crippen LogP contribution is -2.29. The average molecular weight is 312 g/mol. The highest BCUT2D eigenvalue weighted by Gasteiger charge is 2.31. The first-order valence-electron chi connectivity index (χ1n) is 8.87. The van der Waals surface area contributed by atoms with Gasteiger partial charge < -0.3 is 9.84 Å². The summed E-state index contributed by atoms with van der Waals surface area (Å²) in [5.74, 6) is -0.526. The molecule has 1 rings (SSSR count). The topological polar surface area (TPSA) is 63.6 Å². The van der Waals surface area contributed by atoms with Gasteiger partial charge in [-0.3, -0.25) is 9.59 Å². The van der Waals surface area contributed by atoms with Crippen LogP contribution >= 0.6 is 0 Å². The number of esters is 1. The lowest BCUT2D eigenvalue weighted by Gasteiger charge is -2.27. The van der Waals surface area contributed by atoms with Crippen molar-refractivity contribution in [1.29, 1.82) is 0 Å². The molecule has 4 nitrogen and oxygen atoms in total. The summed E-state index contributed by atoms with van der Waals surface area (Å²) in [6, 6.07) is 0. The fraction of sp³-hybridized carbons (Fsp3) is 0.889. The van der Waals surface area contributed by atoms with Gasteiger partial charge in [0.05, 0.1) is 11.8 Å². The van der Waals surface area contributed by atoms with Crippen LogP contribution in [0.5, 0.6) is 0 Å². The molecule has 0 spiro atoms. The van der Waals surface area contributed by atoms with Gasteiger partial charge in [0.15, 0.2) is 0 Å². The average Bonchev–Trinajstić information content (AvgIpc) is 2.47. The summed E-state index contributed by atoms with van der Waals surface area (Å²) in [5, 5.41) is 9.00. The molecular formula is C18H32O4. The maximum Gasteiger partial charge on any atom is 0.309 e. The Balaban J connectivity index is 2.38. The van der Waals surface area contributed by atoms with E-state index in [4.69, 9.17) is 9.84 Å². The van der Waals surface area contributed by atoms with Crippen molar-refractivity contribution in [3.8, 4) is 0 Å². The highest BCUT2D eigenvalue weighted by atomic mass is 16.5. The Morgan fingerprint density at radius 3 is 2.14 bits per heavy atom. The number of carboxylic acids is 1. The molecule has 0 aromatic rings. The van der Waals surface area contributed by atoms with E-state index in [1.807, 2.05) is 0 Å². The zero-order valence-electron chi connectivity index (χ0n) is 14.3. The zero-order chi connectivity index (χ0) is 16.5. The second kappa shape index (κ2) is 9.86. The van der Waals surface area contributed by atoms with Crippen molar-refractivity contribution in [3.63, 3.8) is 0 Å². The molecule has 1 aliphatic rings. The molecule has 4 heteroatoms. The molecular weight excluding hydrogens is 280 g/mol. The normalized spacial score (nSPS) is 23.3. The Hall–Kier alpha value is -1.06. The standard InChI is InChI=1S/C18H32O4/c1-4-6-16(8-5-7-13(2)3)22-18(21)15-11-9-14(10-12-15)17(19)20/h13-16H,4-12H2,1-3H3,(H,19,20). The fourth-order valence-electron chi connectivity index (χ4n) is 3.17. The number of carbonyl (C=O) groups is 2. The van der Waals surface area contributed by atoms with E-state index < -0.39 is 5.97 Å². The van der Waals surface area contributed by atoms with Crippen molar-refractivity contribution < 1.29 is 19.4 Å². The van der Waals surface area contributed by atoms with Crippen LogP contribution in [0.3, 0.4) is 0 Å². The Labute approximate surface area is 134 Å². The van der Waals surface area contributed by atoms with Gasteiger partial charge in [0.25, 0.3) is 0 Å². The van der Waals surface area contributed by atoms with Crippen LogP contribution in [0.1, 0.15) is 78.6 Å². The van der Waals surface area contributed by atoms with E-state index in [9.17, 15) is 9.59 Å². The molecule has 0 saturated heterocycles. The fourth-order valence-corrected chi connectivity index (χ4v) is 3.17. The molecule has 0 amide bonds. The van der Waals surface area contributed by atoms with E-state index in [0.717, 1.165) is 25.7 Å². The van der Waals surface area contributed by atoms with E-state index >= 15 is 0 Å². The molecule has 22 heavy (non-hydrogen) atoms. The summed E-state index contributed by atoms with van der Waals surface area (Å²) >= 11 is 0. The van der Waals surface area contributed by atoms with Gasteiger partial charge in [0.2, 0.25) is 0 Å². The van der Waals surface area contributed by atoms with E-state index in [1.165, 1.54) is 6.42 Å². The van der Waals surface area contributed by atoms with E-state index in [0.29, 0.717) is 31.6 Å². The zero-order valence-corrected chi connectivity index (χ0v) is 14.3. The molecule has 128 valence electrons. The van der Waals surface area contributed by atoms with Crippen LogP contribution in [-0.2, 0) is 14.3 Å². The summed E-state index contributed by atoms with van der Waals surface area (Å²) in [6.07, 6.45) is 7.70. The van der Waals surface area contributed by atoms with Gasteiger partial charge in [-0.2, -0.15) is 0 Å². The molecule has 0 aromatic carbocycles. The number of aliphatic carboxylic acids is 1. The summed E-state index contributed by atoms with van der Waals surface area (Å²) in [5.41, 5.74) is 0. The largest absolute Gasteiger partial charge is 0.481 e. The van der Waals surface area contributed by atoms with E-state index in [-0.39, 0.29) is 23.9 Å². The third-order valence-electron chi connectivity index (χ3n) is 4.61. The van der Waals surface area contributed by atoms with Gasteiger partial charge in [-0.1, -0.05) is 33.6 Å². The van der Waals surface area contributed by atoms with Crippen LogP contribution in [0.15, 0.2) is 0 Å². The number of hydrogen-bond donors (Lipinski definition) is 1. The van der Waals surface area contributed by atoms with Crippen molar-refractivity contribution in [2.75, 3.05) is 0 Å². The minimum atomic E-state index is -0.732. The first-order valence-corrected chi connectivity index (χ1v) is 8.87. The molecule has 0 heterocycles. The number of carboxylic acid groups (broad SMARTS) is 1.